The van der Waals surface area contributed by atoms with Crippen LogP contribution in [0.15, 0.2) is 22.0 Å². The van der Waals surface area contributed by atoms with Crippen molar-refractivity contribution in [1.82, 2.24) is 19.9 Å². The van der Waals surface area contributed by atoms with E-state index in [9.17, 15) is 0 Å². The Bertz CT molecular complexity index is 550. The third-order valence-electron chi connectivity index (χ3n) is 3.92. The summed E-state index contributed by atoms with van der Waals surface area (Å²) in [6, 6.07) is 4.00. The van der Waals surface area contributed by atoms with E-state index in [0.29, 0.717) is 18.3 Å². The standard InChI is InChI=1S/C15H22N4O2S/c20-10-2-1-5-18-6-8-19(9-7-18)12-14-16-15(17-21-14)13-4-3-11-22-13/h3-4,11,20H,1-2,5-10,12H2. The zero-order valence-corrected chi connectivity index (χ0v) is 13.5. The molecule has 0 unspecified atom stereocenters. The van der Waals surface area contributed by atoms with Crippen molar-refractivity contribution in [2.45, 2.75) is 19.4 Å². The van der Waals surface area contributed by atoms with E-state index in [1.54, 1.807) is 11.3 Å². The molecule has 0 radical (unpaired) electrons. The summed E-state index contributed by atoms with van der Waals surface area (Å²) >= 11 is 1.62. The highest BCUT2D eigenvalue weighted by Gasteiger charge is 2.19. The lowest BCUT2D eigenvalue weighted by molar-refractivity contribution is 0.114. The maximum absolute atomic E-state index is 8.82. The summed E-state index contributed by atoms with van der Waals surface area (Å²) in [7, 11) is 0. The Morgan fingerprint density at radius 3 is 2.73 bits per heavy atom. The largest absolute Gasteiger partial charge is 0.396 e. The van der Waals surface area contributed by atoms with Gasteiger partial charge in [-0.3, -0.25) is 4.90 Å². The minimum atomic E-state index is 0.295. The third-order valence-corrected chi connectivity index (χ3v) is 4.78. The van der Waals surface area contributed by atoms with Crippen molar-refractivity contribution in [2.75, 3.05) is 39.3 Å². The van der Waals surface area contributed by atoms with E-state index in [0.717, 1.165) is 57.0 Å². The Morgan fingerprint density at radius 2 is 2.00 bits per heavy atom. The van der Waals surface area contributed by atoms with Crippen LogP contribution in [0.2, 0.25) is 0 Å². The van der Waals surface area contributed by atoms with Crippen molar-refractivity contribution < 1.29 is 9.63 Å². The van der Waals surface area contributed by atoms with Crippen molar-refractivity contribution in [2.24, 2.45) is 0 Å². The molecule has 0 bridgehead atoms. The number of thiophene rings is 1. The van der Waals surface area contributed by atoms with Crippen LogP contribution in [0.5, 0.6) is 0 Å². The number of aromatic nitrogens is 2. The molecule has 2 aromatic heterocycles. The SMILES string of the molecule is OCCCCN1CCN(Cc2nc(-c3cccs3)no2)CC1. The number of aliphatic hydroxyl groups excluding tert-OH is 1. The van der Waals surface area contributed by atoms with Crippen LogP contribution < -0.4 is 0 Å². The molecule has 1 saturated heterocycles. The van der Waals surface area contributed by atoms with Crippen LogP contribution in [0.3, 0.4) is 0 Å². The molecule has 0 aromatic carbocycles. The van der Waals surface area contributed by atoms with Crippen molar-refractivity contribution in [1.29, 1.82) is 0 Å². The van der Waals surface area contributed by atoms with Crippen LogP contribution in [-0.4, -0.2) is 64.4 Å². The minimum Gasteiger partial charge on any atom is -0.396 e. The van der Waals surface area contributed by atoms with Crippen molar-refractivity contribution in [3.05, 3.63) is 23.4 Å². The fourth-order valence-corrected chi connectivity index (χ4v) is 3.28. The molecule has 1 aliphatic heterocycles. The van der Waals surface area contributed by atoms with Gasteiger partial charge in [0.05, 0.1) is 11.4 Å². The number of aliphatic hydroxyl groups is 1. The Labute approximate surface area is 134 Å². The second kappa shape index (κ2) is 7.82. The van der Waals surface area contributed by atoms with E-state index in [4.69, 9.17) is 9.63 Å². The zero-order valence-electron chi connectivity index (χ0n) is 12.6. The van der Waals surface area contributed by atoms with E-state index < -0.39 is 0 Å². The molecule has 22 heavy (non-hydrogen) atoms. The molecule has 1 N–H and O–H groups in total. The van der Waals surface area contributed by atoms with Crippen molar-refractivity contribution in [3.8, 4) is 10.7 Å². The average molecular weight is 322 g/mol. The van der Waals surface area contributed by atoms with Gasteiger partial charge in [-0.25, -0.2) is 0 Å². The average Bonchev–Trinajstić information content (AvgIpc) is 3.20. The lowest BCUT2D eigenvalue weighted by atomic mass is 10.2. The minimum absolute atomic E-state index is 0.295. The maximum atomic E-state index is 8.82. The summed E-state index contributed by atoms with van der Waals surface area (Å²) in [5.74, 6) is 1.38. The number of nitrogens with zero attached hydrogens (tertiary/aromatic N) is 4. The van der Waals surface area contributed by atoms with Crippen LogP contribution in [0.4, 0.5) is 0 Å². The third kappa shape index (κ3) is 4.13. The number of rotatable bonds is 7. The molecule has 0 amide bonds. The van der Waals surface area contributed by atoms with Crippen molar-refractivity contribution >= 4 is 11.3 Å². The summed E-state index contributed by atoms with van der Waals surface area (Å²) in [6.07, 6.45) is 1.97. The highest BCUT2D eigenvalue weighted by Crippen LogP contribution is 2.21. The molecule has 1 aliphatic rings. The summed E-state index contributed by atoms with van der Waals surface area (Å²) in [4.78, 5) is 10.3. The lowest BCUT2D eigenvalue weighted by Crippen LogP contribution is -2.46. The first-order chi connectivity index (χ1) is 10.8. The van der Waals surface area contributed by atoms with E-state index in [2.05, 4.69) is 19.9 Å². The Kier molecular flexibility index (Phi) is 5.55. The van der Waals surface area contributed by atoms with Gasteiger partial charge in [0, 0.05) is 32.8 Å². The number of hydrogen-bond acceptors (Lipinski definition) is 7. The van der Waals surface area contributed by atoms with Gasteiger partial charge in [0.15, 0.2) is 0 Å². The first-order valence-electron chi connectivity index (χ1n) is 7.77. The van der Waals surface area contributed by atoms with Crippen LogP contribution in [0, 0.1) is 0 Å². The lowest BCUT2D eigenvalue weighted by Gasteiger charge is -2.33. The molecular formula is C15H22N4O2S. The number of piperazine rings is 1. The summed E-state index contributed by atoms with van der Waals surface area (Å²) in [6.45, 7) is 6.28. The molecular weight excluding hydrogens is 300 g/mol. The molecule has 0 spiro atoms. The quantitative estimate of drug-likeness (QED) is 0.783. The number of hydrogen-bond donors (Lipinski definition) is 1. The van der Waals surface area contributed by atoms with Crippen molar-refractivity contribution in [3.63, 3.8) is 0 Å². The topological polar surface area (TPSA) is 65.6 Å². The highest BCUT2D eigenvalue weighted by atomic mass is 32.1. The van der Waals surface area contributed by atoms with Crippen LogP contribution in [0.25, 0.3) is 10.7 Å². The van der Waals surface area contributed by atoms with E-state index >= 15 is 0 Å². The van der Waals surface area contributed by atoms with Crippen LogP contribution >= 0.6 is 11.3 Å². The van der Waals surface area contributed by atoms with Gasteiger partial charge in [-0.15, -0.1) is 11.3 Å². The first-order valence-corrected chi connectivity index (χ1v) is 8.65. The highest BCUT2D eigenvalue weighted by molar-refractivity contribution is 7.13. The molecule has 6 nitrogen and oxygen atoms in total. The second-order valence-electron chi connectivity index (χ2n) is 5.54. The van der Waals surface area contributed by atoms with E-state index in [1.165, 1.54) is 0 Å². The fourth-order valence-electron chi connectivity index (χ4n) is 2.63. The summed E-state index contributed by atoms with van der Waals surface area (Å²) in [5.41, 5.74) is 0. The molecule has 3 rings (SSSR count). The van der Waals surface area contributed by atoms with E-state index in [1.807, 2.05) is 17.5 Å². The fraction of sp³-hybridized carbons (Fsp3) is 0.600. The summed E-state index contributed by atoms with van der Waals surface area (Å²) < 4.78 is 5.36. The van der Waals surface area contributed by atoms with Gasteiger partial charge in [0.2, 0.25) is 11.7 Å². The first kappa shape index (κ1) is 15.6. The van der Waals surface area contributed by atoms with E-state index in [-0.39, 0.29) is 0 Å². The molecule has 0 aliphatic carbocycles. The van der Waals surface area contributed by atoms with Gasteiger partial charge < -0.3 is 14.5 Å². The number of unbranched alkanes of at least 4 members (excludes halogenated alkanes) is 1. The molecule has 3 heterocycles. The smallest absolute Gasteiger partial charge is 0.241 e. The summed E-state index contributed by atoms with van der Waals surface area (Å²) in [5, 5.41) is 14.9. The molecule has 0 saturated carbocycles. The molecule has 1 fully saturated rings. The normalized spacial score (nSPS) is 17.1. The molecule has 0 atom stereocenters. The monoisotopic (exact) mass is 322 g/mol. The Hall–Kier alpha value is -1.28. The molecule has 7 heteroatoms. The zero-order chi connectivity index (χ0) is 15.2. The van der Waals surface area contributed by atoms with Gasteiger partial charge in [0.25, 0.3) is 0 Å². The van der Waals surface area contributed by atoms with Gasteiger partial charge >= 0.3 is 0 Å². The van der Waals surface area contributed by atoms with Crippen LogP contribution in [-0.2, 0) is 6.54 Å². The molecule has 120 valence electrons. The van der Waals surface area contributed by atoms with Gasteiger partial charge in [-0.1, -0.05) is 11.2 Å². The molecule has 2 aromatic rings. The predicted octanol–water partition coefficient (Wildman–Crippen LogP) is 1.69. The second-order valence-corrected chi connectivity index (χ2v) is 6.49. The Morgan fingerprint density at radius 1 is 1.18 bits per heavy atom. The van der Waals surface area contributed by atoms with Crippen LogP contribution in [0.1, 0.15) is 18.7 Å². The predicted molar refractivity (Wildman–Crippen MR) is 85.6 cm³/mol. The van der Waals surface area contributed by atoms with Gasteiger partial charge in [-0.05, 0) is 30.8 Å². The van der Waals surface area contributed by atoms with Gasteiger partial charge in [0.1, 0.15) is 0 Å². The maximum Gasteiger partial charge on any atom is 0.241 e. The van der Waals surface area contributed by atoms with Gasteiger partial charge in [-0.2, -0.15) is 4.98 Å². The Balaban J connectivity index is 1.45.